The van der Waals surface area contributed by atoms with Crippen LogP contribution in [0.25, 0.3) is 10.9 Å². The molecule has 5 nitrogen and oxygen atoms in total. The molecule has 28 heavy (non-hydrogen) atoms. The summed E-state index contributed by atoms with van der Waals surface area (Å²) in [6, 6.07) is 12.1. The summed E-state index contributed by atoms with van der Waals surface area (Å²) in [6.07, 6.45) is 1.63. The van der Waals surface area contributed by atoms with E-state index in [0.717, 1.165) is 10.9 Å². The molecule has 3 rings (SSSR count). The maximum Gasteiger partial charge on any atom is 2.00 e. The molecule has 0 saturated carbocycles. The van der Waals surface area contributed by atoms with E-state index in [4.69, 9.17) is 0 Å². The van der Waals surface area contributed by atoms with Crippen LogP contribution in [0.4, 0.5) is 0 Å². The number of rotatable bonds is 3. The molecule has 151 valence electrons. The van der Waals surface area contributed by atoms with E-state index in [2.05, 4.69) is 4.98 Å². The maximum atomic E-state index is 11.8. The van der Waals surface area contributed by atoms with Gasteiger partial charge in [0.05, 0.1) is 11.5 Å². The average Bonchev–Trinajstić information content (AvgIpc) is 2.62. The number of carbonyl (C=O) groups is 1. The molecule has 0 amide bonds. The molecule has 0 N–H and O–H groups in total. The van der Waals surface area contributed by atoms with Crippen molar-refractivity contribution in [2.75, 3.05) is 0 Å². The van der Waals surface area contributed by atoms with E-state index in [1.807, 2.05) is 45.9 Å². The fourth-order valence-electron chi connectivity index (χ4n) is 2.66. The van der Waals surface area contributed by atoms with Crippen LogP contribution < -0.4 is 15.3 Å². The first kappa shape index (κ1) is 23.5. The largest absolute Gasteiger partial charge is 2.00 e. The van der Waals surface area contributed by atoms with Crippen molar-refractivity contribution < 1.29 is 37.2 Å². The van der Waals surface area contributed by atoms with Crippen molar-refractivity contribution in [1.82, 2.24) is 4.98 Å². The first-order chi connectivity index (χ1) is 12.7. The molecule has 0 bridgehead atoms. The van der Waals surface area contributed by atoms with E-state index in [1.54, 1.807) is 18.3 Å². The van der Waals surface area contributed by atoms with Gasteiger partial charge in [-0.25, -0.2) is 0 Å². The van der Waals surface area contributed by atoms with E-state index < -0.39 is 11.7 Å². The van der Waals surface area contributed by atoms with Crippen molar-refractivity contribution >= 4 is 16.9 Å². The van der Waals surface area contributed by atoms with E-state index in [9.17, 15) is 20.1 Å². The van der Waals surface area contributed by atoms with Crippen LogP contribution in [-0.2, 0) is 17.1 Å². The Kier molecular flexibility index (Phi) is 8.48. The van der Waals surface area contributed by atoms with Crippen LogP contribution in [-0.4, -0.2) is 11.0 Å². The van der Waals surface area contributed by atoms with Gasteiger partial charge in [0.1, 0.15) is 0 Å². The number of hydrogen-bond acceptors (Lipinski definition) is 5. The molecule has 0 aliphatic rings. The van der Waals surface area contributed by atoms with E-state index >= 15 is 0 Å². The number of aromatic carboxylic acids is 1. The van der Waals surface area contributed by atoms with Gasteiger partial charge in [0.2, 0.25) is 0 Å². The molecule has 1 aromatic heterocycles. The molecule has 3 aromatic rings. The van der Waals surface area contributed by atoms with Crippen molar-refractivity contribution in [3.05, 3.63) is 65.4 Å². The molecule has 0 unspecified atom stereocenters. The normalized spacial score (nSPS) is 10.4. The van der Waals surface area contributed by atoms with Gasteiger partial charge in [-0.3, -0.25) is 4.98 Å². The summed E-state index contributed by atoms with van der Waals surface area (Å²) in [4.78, 5) is 14.8. The van der Waals surface area contributed by atoms with Gasteiger partial charge in [-0.05, 0) is 34.4 Å². The monoisotopic (exact) mass is 427 g/mol. The van der Waals surface area contributed by atoms with Crippen LogP contribution >= 0.6 is 0 Å². The summed E-state index contributed by atoms with van der Waals surface area (Å²) in [5, 5.41) is 34.7. The van der Waals surface area contributed by atoms with Crippen LogP contribution in [0.5, 0.6) is 11.5 Å². The second-order valence-corrected chi connectivity index (χ2v) is 6.91. The van der Waals surface area contributed by atoms with Crippen molar-refractivity contribution in [2.45, 2.75) is 39.5 Å². The number of carboxylic acid groups (broad SMARTS) is 1. The number of benzene rings is 2. The number of para-hydroxylation sites is 1. The number of pyridine rings is 1. The third-order valence-corrected chi connectivity index (χ3v) is 4.24. The van der Waals surface area contributed by atoms with Crippen molar-refractivity contribution in [3.63, 3.8) is 0 Å². The number of carboxylic acids is 1. The first-order valence-electron chi connectivity index (χ1n) is 8.79. The number of aromatic nitrogens is 1. The average molecular weight is 428 g/mol. The number of carbonyl (C=O) groups excluding carboxylic acids is 1. The molecule has 0 aliphatic carbocycles. The topological polar surface area (TPSA) is 99.1 Å². The molecule has 2 aromatic carbocycles. The third kappa shape index (κ3) is 5.47. The maximum absolute atomic E-state index is 11.8. The molecule has 0 aliphatic heterocycles. The summed E-state index contributed by atoms with van der Waals surface area (Å²) in [5.74, 6) is -1.61. The Hall–Kier alpha value is -2.56. The molecular weight excluding hydrogens is 406 g/mol. The van der Waals surface area contributed by atoms with Crippen molar-refractivity contribution in [1.29, 1.82) is 0 Å². The minimum atomic E-state index is -1.39. The Morgan fingerprint density at radius 3 is 2.14 bits per heavy atom. The zero-order valence-corrected chi connectivity index (χ0v) is 17.1. The molecule has 0 spiro atoms. The predicted octanol–water partition coefficient (Wildman–Crippen LogP) is 2.68. The van der Waals surface area contributed by atoms with E-state index in [-0.39, 0.29) is 40.2 Å². The molecule has 1 radical (unpaired) electrons. The van der Waals surface area contributed by atoms with Gasteiger partial charge in [-0.2, -0.15) is 0 Å². The Morgan fingerprint density at radius 2 is 1.61 bits per heavy atom. The summed E-state index contributed by atoms with van der Waals surface area (Å²) in [5.41, 5.74) is 1.73. The molecule has 0 atom stereocenters. The van der Waals surface area contributed by atoms with Gasteiger partial charge in [-0.1, -0.05) is 81.2 Å². The van der Waals surface area contributed by atoms with Gasteiger partial charge < -0.3 is 20.1 Å². The summed E-state index contributed by atoms with van der Waals surface area (Å²) >= 11 is 0. The van der Waals surface area contributed by atoms with Gasteiger partial charge in [0.25, 0.3) is 0 Å². The summed E-state index contributed by atoms with van der Waals surface area (Å²) in [6.45, 7) is 7.67. The Balaban J connectivity index is 0.000000285. The van der Waals surface area contributed by atoms with Crippen LogP contribution in [0.1, 0.15) is 61.0 Å². The molecule has 0 saturated heterocycles. The summed E-state index contributed by atoms with van der Waals surface area (Å²) in [7, 11) is 0. The molecule has 6 heteroatoms. The minimum absolute atomic E-state index is 0. The fraction of sp³-hybridized carbons (Fsp3) is 0.273. The Labute approximate surface area is 175 Å². The van der Waals surface area contributed by atoms with Crippen LogP contribution in [0, 0.1) is 0 Å². The van der Waals surface area contributed by atoms with Gasteiger partial charge in [0, 0.05) is 6.20 Å². The smallest absolute Gasteiger partial charge is 0.872 e. The van der Waals surface area contributed by atoms with Gasteiger partial charge in [-0.15, -0.1) is 0 Å². The van der Waals surface area contributed by atoms with Crippen molar-refractivity contribution in [2.24, 2.45) is 0 Å². The van der Waals surface area contributed by atoms with E-state index in [1.165, 1.54) is 12.1 Å². The molecule has 0 fully saturated rings. The molecular formula is C22H22CuNO4-. The SMILES string of the molecule is CC(C)c1cc(C(=O)[O-])c([O-])c(C(C)C)c1.[Cu+2].[O-]c1cccc2cccnc12. The van der Waals surface area contributed by atoms with Crippen LogP contribution in [0.3, 0.4) is 0 Å². The zero-order chi connectivity index (χ0) is 20.1. The zero-order valence-electron chi connectivity index (χ0n) is 16.2. The number of nitrogens with zero attached hydrogens (tertiary/aromatic N) is 1. The van der Waals surface area contributed by atoms with Crippen LogP contribution in [0.2, 0.25) is 0 Å². The second kappa shape index (κ2) is 10.1. The first-order valence-corrected chi connectivity index (χ1v) is 8.79. The number of fused-ring (bicyclic) bond motifs is 1. The second-order valence-electron chi connectivity index (χ2n) is 6.91. The third-order valence-electron chi connectivity index (χ3n) is 4.24. The van der Waals surface area contributed by atoms with Crippen molar-refractivity contribution in [3.8, 4) is 11.5 Å². The quantitative estimate of drug-likeness (QED) is 0.598. The Bertz CT molecular complexity index is 949. The van der Waals surface area contributed by atoms with Gasteiger partial charge >= 0.3 is 17.1 Å². The fourth-order valence-corrected chi connectivity index (χ4v) is 2.66. The molecule has 1 heterocycles. The standard InChI is InChI=1S/C13H18O3.C9H7NO.Cu/c1-7(2)9-5-10(8(3)4)12(14)11(6-9)13(15)16;11-8-5-1-3-7-4-2-6-10-9(7)8;/h5-8,14H,1-4H3,(H,15,16);1-6,11H;/q;;+2/p-3. The minimum Gasteiger partial charge on any atom is -0.872 e. The van der Waals surface area contributed by atoms with E-state index in [0.29, 0.717) is 11.1 Å². The summed E-state index contributed by atoms with van der Waals surface area (Å²) < 4.78 is 0. The van der Waals surface area contributed by atoms with Gasteiger partial charge in [0.15, 0.2) is 0 Å². The predicted molar refractivity (Wildman–Crippen MR) is 99.6 cm³/mol. The Morgan fingerprint density at radius 1 is 0.964 bits per heavy atom. The number of hydrogen-bond donors (Lipinski definition) is 0. The van der Waals surface area contributed by atoms with Crippen LogP contribution in [0.15, 0.2) is 48.7 Å².